The third-order valence-electron chi connectivity index (χ3n) is 3.56. The number of para-hydroxylation sites is 1. The standard InChI is InChI=1S/C12H16N2/c1-2-4-11(5-3-1)14-7-6-12(10-14)8-13-9-12/h1-5,13H,6-10H2. The number of hydrogen-bond acceptors (Lipinski definition) is 2. The van der Waals surface area contributed by atoms with Crippen molar-refractivity contribution in [2.24, 2.45) is 5.41 Å². The second-order valence-corrected chi connectivity index (χ2v) is 4.61. The Bertz CT molecular complexity index is 316. The van der Waals surface area contributed by atoms with Gasteiger partial charge in [-0.15, -0.1) is 0 Å². The molecule has 0 bridgehead atoms. The number of nitrogens with one attached hydrogen (secondary N) is 1. The summed E-state index contributed by atoms with van der Waals surface area (Å²) in [6.45, 7) is 4.91. The van der Waals surface area contributed by atoms with E-state index in [0.717, 1.165) is 0 Å². The summed E-state index contributed by atoms with van der Waals surface area (Å²) in [5.41, 5.74) is 1.99. The van der Waals surface area contributed by atoms with Crippen molar-refractivity contribution >= 4 is 5.69 Å². The van der Waals surface area contributed by atoms with E-state index in [2.05, 4.69) is 40.5 Å². The average molecular weight is 188 g/mol. The Morgan fingerprint density at radius 1 is 1.14 bits per heavy atom. The van der Waals surface area contributed by atoms with E-state index in [9.17, 15) is 0 Å². The van der Waals surface area contributed by atoms with E-state index >= 15 is 0 Å². The van der Waals surface area contributed by atoms with Gasteiger partial charge in [-0.2, -0.15) is 0 Å². The molecule has 0 radical (unpaired) electrons. The van der Waals surface area contributed by atoms with Crippen molar-refractivity contribution in [2.75, 3.05) is 31.1 Å². The van der Waals surface area contributed by atoms with Gasteiger partial charge in [-0.1, -0.05) is 18.2 Å². The van der Waals surface area contributed by atoms with Crippen LogP contribution in [-0.2, 0) is 0 Å². The molecule has 0 unspecified atom stereocenters. The maximum absolute atomic E-state index is 3.39. The molecule has 1 spiro atoms. The van der Waals surface area contributed by atoms with Crippen LogP contribution in [0.4, 0.5) is 5.69 Å². The molecule has 2 saturated heterocycles. The minimum Gasteiger partial charge on any atom is -0.371 e. The Morgan fingerprint density at radius 3 is 2.50 bits per heavy atom. The molecule has 2 aliphatic rings. The number of benzene rings is 1. The first kappa shape index (κ1) is 8.30. The Morgan fingerprint density at radius 2 is 1.93 bits per heavy atom. The molecule has 1 N–H and O–H groups in total. The molecular formula is C12H16N2. The second kappa shape index (κ2) is 2.99. The Kier molecular flexibility index (Phi) is 1.77. The van der Waals surface area contributed by atoms with E-state index in [4.69, 9.17) is 0 Å². The van der Waals surface area contributed by atoms with Crippen molar-refractivity contribution in [3.8, 4) is 0 Å². The number of nitrogens with zero attached hydrogens (tertiary/aromatic N) is 1. The predicted octanol–water partition coefficient (Wildman–Crippen LogP) is 1.49. The van der Waals surface area contributed by atoms with Crippen LogP contribution < -0.4 is 10.2 Å². The highest BCUT2D eigenvalue weighted by Crippen LogP contribution is 2.36. The molecule has 0 atom stereocenters. The van der Waals surface area contributed by atoms with Gasteiger partial charge in [0.25, 0.3) is 0 Å². The average Bonchev–Trinajstić information content (AvgIpc) is 2.63. The minimum atomic E-state index is 0.607. The van der Waals surface area contributed by atoms with Gasteiger partial charge in [0.1, 0.15) is 0 Å². The normalized spacial score (nSPS) is 23.9. The summed E-state index contributed by atoms with van der Waals surface area (Å²) in [6, 6.07) is 10.8. The van der Waals surface area contributed by atoms with Crippen LogP contribution >= 0.6 is 0 Å². The van der Waals surface area contributed by atoms with Crippen LogP contribution in [-0.4, -0.2) is 26.2 Å². The molecule has 2 heterocycles. The molecule has 1 aromatic carbocycles. The quantitative estimate of drug-likeness (QED) is 0.718. The van der Waals surface area contributed by atoms with Crippen LogP contribution in [0.5, 0.6) is 0 Å². The Balaban J connectivity index is 1.76. The molecule has 1 aromatic rings. The first-order chi connectivity index (χ1) is 6.88. The van der Waals surface area contributed by atoms with Crippen LogP contribution in [0.25, 0.3) is 0 Å². The SMILES string of the molecule is c1ccc(N2CCC3(CNC3)C2)cc1. The van der Waals surface area contributed by atoms with Crippen molar-refractivity contribution < 1.29 is 0 Å². The van der Waals surface area contributed by atoms with Gasteiger partial charge in [0.2, 0.25) is 0 Å². The fourth-order valence-corrected chi connectivity index (χ4v) is 2.56. The summed E-state index contributed by atoms with van der Waals surface area (Å²) >= 11 is 0. The fraction of sp³-hybridized carbons (Fsp3) is 0.500. The topological polar surface area (TPSA) is 15.3 Å². The Hall–Kier alpha value is -1.02. The molecule has 2 heteroatoms. The maximum atomic E-state index is 3.39. The van der Waals surface area contributed by atoms with Gasteiger partial charge < -0.3 is 10.2 Å². The summed E-state index contributed by atoms with van der Waals surface area (Å²) in [7, 11) is 0. The minimum absolute atomic E-state index is 0.607. The van der Waals surface area contributed by atoms with Gasteiger partial charge in [-0.25, -0.2) is 0 Å². The molecule has 14 heavy (non-hydrogen) atoms. The van der Waals surface area contributed by atoms with Crippen LogP contribution in [0.1, 0.15) is 6.42 Å². The molecule has 2 fully saturated rings. The lowest BCUT2D eigenvalue weighted by Gasteiger charge is -2.39. The lowest BCUT2D eigenvalue weighted by Crippen LogP contribution is -2.54. The largest absolute Gasteiger partial charge is 0.371 e. The van der Waals surface area contributed by atoms with Crippen molar-refractivity contribution in [1.82, 2.24) is 5.32 Å². The Labute approximate surface area is 84.9 Å². The molecule has 0 saturated carbocycles. The predicted molar refractivity (Wildman–Crippen MR) is 58.6 cm³/mol. The molecule has 0 aromatic heterocycles. The zero-order chi connectivity index (χ0) is 9.43. The molecular weight excluding hydrogens is 172 g/mol. The summed E-state index contributed by atoms with van der Waals surface area (Å²) in [6.07, 6.45) is 1.36. The van der Waals surface area contributed by atoms with Crippen molar-refractivity contribution in [3.05, 3.63) is 30.3 Å². The molecule has 2 aliphatic heterocycles. The summed E-state index contributed by atoms with van der Waals surface area (Å²) in [5.74, 6) is 0. The molecule has 2 nitrogen and oxygen atoms in total. The van der Waals surface area contributed by atoms with E-state index in [-0.39, 0.29) is 0 Å². The van der Waals surface area contributed by atoms with Crippen molar-refractivity contribution in [3.63, 3.8) is 0 Å². The zero-order valence-electron chi connectivity index (χ0n) is 8.37. The van der Waals surface area contributed by atoms with Crippen molar-refractivity contribution in [2.45, 2.75) is 6.42 Å². The van der Waals surface area contributed by atoms with E-state index in [0.29, 0.717) is 5.41 Å². The van der Waals surface area contributed by atoms with E-state index in [1.54, 1.807) is 0 Å². The monoisotopic (exact) mass is 188 g/mol. The molecule has 0 aliphatic carbocycles. The molecule has 74 valence electrons. The van der Waals surface area contributed by atoms with Gasteiger partial charge in [0.05, 0.1) is 0 Å². The van der Waals surface area contributed by atoms with Crippen LogP contribution in [0.15, 0.2) is 30.3 Å². The van der Waals surface area contributed by atoms with Crippen LogP contribution in [0, 0.1) is 5.41 Å². The van der Waals surface area contributed by atoms with E-state index in [1.165, 1.54) is 38.3 Å². The smallest absolute Gasteiger partial charge is 0.0366 e. The van der Waals surface area contributed by atoms with Gasteiger partial charge in [0, 0.05) is 37.3 Å². The third kappa shape index (κ3) is 1.22. The lowest BCUT2D eigenvalue weighted by molar-refractivity contribution is 0.200. The maximum Gasteiger partial charge on any atom is 0.0366 e. The first-order valence-electron chi connectivity index (χ1n) is 5.39. The van der Waals surface area contributed by atoms with Gasteiger partial charge >= 0.3 is 0 Å². The van der Waals surface area contributed by atoms with Gasteiger partial charge in [-0.05, 0) is 18.6 Å². The summed E-state index contributed by atoms with van der Waals surface area (Å²) in [5, 5.41) is 3.39. The third-order valence-corrected chi connectivity index (χ3v) is 3.56. The highest BCUT2D eigenvalue weighted by atomic mass is 15.2. The number of rotatable bonds is 1. The first-order valence-corrected chi connectivity index (χ1v) is 5.39. The fourth-order valence-electron chi connectivity index (χ4n) is 2.56. The van der Waals surface area contributed by atoms with Gasteiger partial charge in [0.15, 0.2) is 0 Å². The van der Waals surface area contributed by atoms with Crippen molar-refractivity contribution in [1.29, 1.82) is 0 Å². The molecule has 0 amide bonds. The van der Waals surface area contributed by atoms with Crippen LogP contribution in [0.3, 0.4) is 0 Å². The highest BCUT2D eigenvalue weighted by Gasteiger charge is 2.42. The second-order valence-electron chi connectivity index (χ2n) is 4.61. The molecule has 3 rings (SSSR count). The van der Waals surface area contributed by atoms with Crippen LogP contribution in [0.2, 0.25) is 0 Å². The highest BCUT2D eigenvalue weighted by molar-refractivity contribution is 5.47. The van der Waals surface area contributed by atoms with E-state index in [1.807, 2.05) is 0 Å². The summed E-state index contributed by atoms with van der Waals surface area (Å²) in [4.78, 5) is 2.51. The van der Waals surface area contributed by atoms with Gasteiger partial charge in [-0.3, -0.25) is 0 Å². The van der Waals surface area contributed by atoms with E-state index < -0.39 is 0 Å². The summed E-state index contributed by atoms with van der Waals surface area (Å²) < 4.78 is 0. The lowest BCUT2D eigenvalue weighted by atomic mass is 9.81. The number of hydrogen-bond donors (Lipinski definition) is 1. The number of anilines is 1. The zero-order valence-corrected chi connectivity index (χ0v) is 8.37.